The van der Waals surface area contributed by atoms with Gasteiger partial charge in [-0.05, 0) is 25.3 Å². The fourth-order valence-electron chi connectivity index (χ4n) is 3.38. The lowest BCUT2D eigenvalue weighted by molar-refractivity contribution is 0.309. The van der Waals surface area contributed by atoms with Gasteiger partial charge in [0.25, 0.3) is 5.56 Å². The van der Waals surface area contributed by atoms with E-state index >= 15 is 0 Å². The molecule has 4 rings (SSSR count). The quantitative estimate of drug-likeness (QED) is 0.864. The van der Waals surface area contributed by atoms with Crippen molar-refractivity contribution in [3.8, 4) is 0 Å². The van der Waals surface area contributed by atoms with Crippen LogP contribution in [0.5, 0.6) is 0 Å². The minimum atomic E-state index is -0.0824. The molecule has 2 saturated heterocycles. The zero-order chi connectivity index (χ0) is 13.5. The Morgan fingerprint density at radius 1 is 1.45 bits per heavy atom. The van der Waals surface area contributed by atoms with Gasteiger partial charge < -0.3 is 5.32 Å². The Morgan fingerprint density at radius 3 is 3.30 bits per heavy atom. The third-order valence-corrected chi connectivity index (χ3v) is 4.98. The molecular formula is C13H17N5OS. The maximum absolute atomic E-state index is 11.9. The molecule has 2 atom stereocenters. The first-order valence-electron chi connectivity index (χ1n) is 7.08. The summed E-state index contributed by atoms with van der Waals surface area (Å²) in [7, 11) is 0. The molecule has 7 heteroatoms. The average Bonchev–Trinajstić information content (AvgIpc) is 3.04. The number of nitrogens with zero attached hydrogens (tertiary/aromatic N) is 4. The highest BCUT2D eigenvalue weighted by Crippen LogP contribution is 2.25. The van der Waals surface area contributed by atoms with Gasteiger partial charge in [-0.2, -0.15) is 9.61 Å². The molecule has 0 aliphatic carbocycles. The van der Waals surface area contributed by atoms with Crippen LogP contribution in [-0.4, -0.2) is 45.2 Å². The Hall–Kier alpha value is -1.31. The number of likely N-dealkylation sites (tertiary alicyclic amines) is 1. The topological polar surface area (TPSA) is 62.5 Å². The number of hydrogen-bond donors (Lipinski definition) is 1. The summed E-state index contributed by atoms with van der Waals surface area (Å²) < 4.78 is 1.36. The van der Waals surface area contributed by atoms with Crippen molar-refractivity contribution in [3.05, 3.63) is 27.6 Å². The molecular weight excluding hydrogens is 274 g/mol. The van der Waals surface area contributed by atoms with Crippen LogP contribution in [0.4, 0.5) is 0 Å². The molecule has 6 nitrogen and oxygen atoms in total. The molecule has 4 heterocycles. The second-order valence-corrected chi connectivity index (χ2v) is 6.49. The highest BCUT2D eigenvalue weighted by molar-refractivity contribution is 7.14. The number of fused-ring (bicyclic) bond motifs is 2. The van der Waals surface area contributed by atoms with Crippen LogP contribution in [0.25, 0.3) is 4.96 Å². The van der Waals surface area contributed by atoms with Gasteiger partial charge in [-0.3, -0.25) is 9.69 Å². The molecule has 2 aromatic rings. The van der Waals surface area contributed by atoms with Crippen molar-refractivity contribution >= 4 is 16.3 Å². The molecule has 1 N–H and O–H groups in total. The van der Waals surface area contributed by atoms with Crippen LogP contribution in [0, 0.1) is 5.92 Å². The summed E-state index contributed by atoms with van der Waals surface area (Å²) in [6.45, 7) is 4.08. The lowest BCUT2D eigenvalue weighted by atomic mass is 9.94. The van der Waals surface area contributed by atoms with Crippen molar-refractivity contribution in [2.75, 3.05) is 19.6 Å². The smallest absolute Gasteiger partial charge is 0.275 e. The predicted molar refractivity (Wildman–Crippen MR) is 76.9 cm³/mol. The summed E-state index contributed by atoms with van der Waals surface area (Å²) in [6.07, 6.45) is 2.60. The van der Waals surface area contributed by atoms with Gasteiger partial charge in [0.05, 0.1) is 5.69 Å². The number of rotatable bonds is 2. The number of aromatic nitrogens is 3. The fraction of sp³-hybridized carbons (Fsp3) is 0.615. The van der Waals surface area contributed by atoms with Crippen LogP contribution in [0.1, 0.15) is 18.5 Å². The summed E-state index contributed by atoms with van der Waals surface area (Å²) in [5, 5.41) is 7.58. The van der Waals surface area contributed by atoms with Crippen LogP contribution in [0.3, 0.4) is 0 Å². The van der Waals surface area contributed by atoms with E-state index in [1.807, 2.05) is 0 Å². The van der Waals surface area contributed by atoms with Gasteiger partial charge in [0.2, 0.25) is 4.96 Å². The summed E-state index contributed by atoms with van der Waals surface area (Å²) in [5.74, 6) is 0.761. The zero-order valence-corrected chi connectivity index (χ0v) is 12.0. The molecule has 0 aromatic carbocycles. The van der Waals surface area contributed by atoms with E-state index in [-0.39, 0.29) is 5.56 Å². The van der Waals surface area contributed by atoms with E-state index in [0.717, 1.165) is 37.8 Å². The Labute approximate surface area is 120 Å². The SMILES string of the molecule is O=c1cc(CN2CC3CCCNC3C2)nc2scnn12. The molecule has 2 aliphatic rings. The molecule has 0 spiro atoms. The fourth-order valence-corrected chi connectivity index (χ4v) is 4.02. The highest BCUT2D eigenvalue weighted by atomic mass is 32.1. The number of piperidine rings is 1. The monoisotopic (exact) mass is 291 g/mol. The molecule has 2 aliphatic heterocycles. The van der Waals surface area contributed by atoms with Gasteiger partial charge in [-0.1, -0.05) is 11.3 Å². The van der Waals surface area contributed by atoms with Crippen LogP contribution in [0.15, 0.2) is 16.4 Å². The Morgan fingerprint density at radius 2 is 2.40 bits per heavy atom. The third-order valence-electron chi connectivity index (χ3n) is 4.30. The van der Waals surface area contributed by atoms with E-state index < -0.39 is 0 Å². The van der Waals surface area contributed by atoms with Crippen molar-refractivity contribution in [1.82, 2.24) is 24.8 Å². The van der Waals surface area contributed by atoms with E-state index in [2.05, 4.69) is 20.3 Å². The predicted octanol–water partition coefficient (Wildman–Crippen LogP) is 0.335. The van der Waals surface area contributed by atoms with Crippen LogP contribution >= 0.6 is 11.3 Å². The molecule has 0 radical (unpaired) electrons. The lowest BCUT2D eigenvalue weighted by Crippen LogP contribution is -2.40. The summed E-state index contributed by atoms with van der Waals surface area (Å²) in [4.78, 5) is 19.5. The van der Waals surface area contributed by atoms with Crippen molar-refractivity contribution in [2.45, 2.75) is 25.4 Å². The van der Waals surface area contributed by atoms with Gasteiger partial charge in [0.15, 0.2) is 0 Å². The average molecular weight is 291 g/mol. The van der Waals surface area contributed by atoms with Crippen molar-refractivity contribution in [3.63, 3.8) is 0 Å². The first-order chi connectivity index (χ1) is 9.79. The second kappa shape index (κ2) is 4.91. The Kier molecular flexibility index (Phi) is 3.05. The van der Waals surface area contributed by atoms with E-state index in [4.69, 9.17) is 0 Å². The second-order valence-electron chi connectivity index (χ2n) is 5.68. The van der Waals surface area contributed by atoms with Gasteiger partial charge in [-0.25, -0.2) is 4.98 Å². The van der Waals surface area contributed by atoms with E-state index in [0.29, 0.717) is 11.0 Å². The molecule has 2 aromatic heterocycles. The van der Waals surface area contributed by atoms with Crippen LogP contribution in [-0.2, 0) is 6.54 Å². The maximum Gasteiger partial charge on any atom is 0.275 e. The first-order valence-corrected chi connectivity index (χ1v) is 7.96. The molecule has 0 bridgehead atoms. The van der Waals surface area contributed by atoms with Crippen molar-refractivity contribution in [2.24, 2.45) is 5.92 Å². The van der Waals surface area contributed by atoms with Crippen LogP contribution in [0.2, 0.25) is 0 Å². The van der Waals surface area contributed by atoms with E-state index in [9.17, 15) is 4.79 Å². The van der Waals surface area contributed by atoms with Gasteiger partial charge in [-0.15, -0.1) is 0 Å². The normalized spacial score (nSPS) is 27.0. The Bertz CT molecular complexity index is 667. The van der Waals surface area contributed by atoms with Gasteiger partial charge in [0.1, 0.15) is 5.51 Å². The third kappa shape index (κ3) is 2.15. The summed E-state index contributed by atoms with van der Waals surface area (Å²) in [5.41, 5.74) is 2.43. The first kappa shape index (κ1) is 12.4. The van der Waals surface area contributed by atoms with Gasteiger partial charge in [0, 0.05) is 31.7 Å². The molecule has 0 amide bonds. The zero-order valence-electron chi connectivity index (χ0n) is 11.2. The minimum Gasteiger partial charge on any atom is -0.312 e. The van der Waals surface area contributed by atoms with E-state index in [1.54, 1.807) is 11.6 Å². The van der Waals surface area contributed by atoms with Gasteiger partial charge >= 0.3 is 0 Å². The van der Waals surface area contributed by atoms with Crippen molar-refractivity contribution in [1.29, 1.82) is 0 Å². The van der Waals surface area contributed by atoms with Crippen molar-refractivity contribution < 1.29 is 0 Å². The lowest BCUT2D eigenvalue weighted by Gasteiger charge is -2.24. The molecule has 2 unspecified atom stereocenters. The standard InChI is InChI=1S/C13H17N5OS/c19-12-4-10(16-13-18(12)15-8-20-13)6-17-5-9-2-1-3-14-11(9)7-17/h4,8-9,11,14H,1-3,5-7H2. The molecule has 20 heavy (non-hydrogen) atoms. The number of nitrogens with one attached hydrogen (secondary N) is 1. The Balaban J connectivity index is 1.54. The number of hydrogen-bond acceptors (Lipinski definition) is 6. The largest absolute Gasteiger partial charge is 0.312 e. The van der Waals surface area contributed by atoms with Crippen LogP contribution < -0.4 is 10.9 Å². The molecule has 106 valence electrons. The highest BCUT2D eigenvalue weighted by Gasteiger charge is 2.34. The van der Waals surface area contributed by atoms with E-state index in [1.165, 1.54) is 28.7 Å². The minimum absolute atomic E-state index is 0.0824. The summed E-state index contributed by atoms with van der Waals surface area (Å²) in [6, 6.07) is 2.24. The maximum atomic E-state index is 11.9. The summed E-state index contributed by atoms with van der Waals surface area (Å²) >= 11 is 1.40. The molecule has 0 saturated carbocycles. The molecule has 2 fully saturated rings.